The smallest absolute Gasteiger partial charge is 0.231 e. The molecule has 0 bridgehead atoms. The highest BCUT2D eigenvalue weighted by Crippen LogP contribution is 2.44. The van der Waals surface area contributed by atoms with Crippen LogP contribution in [0, 0.1) is 0 Å². The van der Waals surface area contributed by atoms with Crippen LogP contribution in [0.5, 0.6) is 17.2 Å². The highest BCUT2D eigenvalue weighted by Gasteiger charge is 2.29. The first-order chi connectivity index (χ1) is 11.7. The van der Waals surface area contributed by atoms with Gasteiger partial charge in [-0.25, -0.2) is 0 Å². The van der Waals surface area contributed by atoms with E-state index in [9.17, 15) is 4.79 Å². The third kappa shape index (κ3) is 2.66. The molecule has 24 heavy (non-hydrogen) atoms. The number of anilines is 1. The summed E-state index contributed by atoms with van der Waals surface area (Å²) in [7, 11) is 0. The van der Waals surface area contributed by atoms with Gasteiger partial charge in [-0.05, 0) is 35.7 Å². The molecule has 0 saturated carbocycles. The minimum absolute atomic E-state index is 0.00322. The molecule has 5 nitrogen and oxygen atoms in total. The number of benzene rings is 2. The highest BCUT2D eigenvalue weighted by molar-refractivity contribution is 5.96. The maximum absolute atomic E-state index is 12.1. The fourth-order valence-electron chi connectivity index (χ4n) is 3.16. The standard InChI is InChI=1S/C19H19NO4/c1-2-7-22-13-5-3-12(4-6-13)14-9-19(21)20-16-10-18-17(8-15(14)16)23-11-24-18/h3-6,8,10,14H,2,7,9,11H2,1H3,(H,20,21). The maximum atomic E-state index is 12.1. The van der Waals surface area contributed by atoms with Crippen molar-refractivity contribution in [3.05, 3.63) is 47.5 Å². The van der Waals surface area contributed by atoms with E-state index in [4.69, 9.17) is 14.2 Å². The van der Waals surface area contributed by atoms with Gasteiger partial charge in [0.05, 0.1) is 6.61 Å². The second-order valence-electron chi connectivity index (χ2n) is 6.02. The van der Waals surface area contributed by atoms with Gasteiger partial charge in [-0.2, -0.15) is 0 Å². The van der Waals surface area contributed by atoms with Gasteiger partial charge in [-0.1, -0.05) is 19.1 Å². The molecule has 0 aliphatic carbocycles. The molecule has 0 aromatic heterocycles. The molecule has 2 aliphatic rings. The molecule has 1 atom stereocenters. The third-order valence-corrected chi connectivity index (χ3v) is 4.34. The van der Waals surface area contributed by atoms with Gasteiger partial charge in [0.2, 0.25) is 12.7 Å². The van der Waals surface area contributed by atoms with E-state index < -0.39 is 0 Å². The van der Waals surface area contributed by atoms with Gasteiger partial charge in [-0.15, -0.1) is 0 Å². The molecule has 2 aromatic rings. The Labute approximate surface area is 140 Å². The van der Waals surface area contributed by atoms with Crippen LogP contribution < -0.4 is 19.5 Å². The molecule has 1 N–H and O–H groups in total. The Hall–Kier alpha value is -2.69. The van der Waals surface area contributed by atoms with Gasteiger partial charge < -0.3 is 19.5 Å². The molecule has 0 spiro atoms. The lowest BCUT2D eigenvalue weighted by Gasteiger charge is -2.26. The van der Waals surface area contributed by atoms with Crippen LogP contribution in [-0.4, -0.2) is 19.3 Å². The van der Waals surface area contributed by atoms with Crippen molar-refractivity contribution in [3.8, 4) is 17.2 Å². The molecular formula is C19H19NO4. The predicted octanol–water partition coefficient (Wildman–Crippen LogP) is 3.68. The summed E-state index contributed by atoms with van der Waals surface area (Å²) in [5.74, 6) is 2.28. The number of nitrogens with one attached hydrogen (secondary N) is 1. The van der Waals surface area contributed by atoms with E-state index in [1.54, 1.807) is 0 Å². The largest absolute Gasteiger partial charge is 0.494 e. The summed E-state index contributed by atoms with van der Waals surface area (Å²) >= 11 is 0. The average Bonchev–Trinajstić information content (AvgIpc) is 3.05. The zero-order chi connectivity index (χ0) is 16.5. The van der Waals surface area contributed by atoms with Crippen LogP contribution in [0.15, 0.2) is 36.4 Å². The van der Waals surface area contributed by atoms with E-state index >= 15 is 0 Å². The first-order valence-electron chi connectivity index (χ1n) is 8.20. The normalized spacial score (nSPS) is 18.0. The van der Waals surface area contributed by atoms with Crippen LogP contribution in [-0.2, 0) is 4.79 Å². The van der Waals surface area contributed by atoms with Crippen LogP contribution >= 0.6 is 0 Å². The summed E-state index contributed by atoms with van der Waals surface area (Å²) in [6.45, 7) is 3.01. The Balaban J connectivity index is 1.67. The van der Waals surface area contributed by atoms with E-state index in [0.29, 0.717) is 18.8 Å². The van der Waals surface area contributed by atoms with E-state index in [2.05, 4.69) is 12.2 Å². The number of rotatable bonds is 4. The highest BCUT2D eigenvalue weighted by atomic mass is 16.7. The fraction of sp³-hybridized carbons (Fsp3) is 0.316. The lowest BCUT2D eigenvalue weighted by Crippen LogP contribution is -2.23. The molecule has 2 aliphatic heterocycles. The first kappa shape index (κ1) is 14.9. The second-order valence-corrected chi connectivity index (χ2v) is 6.02. The van der Waals surface area contributed by atoms with Crippen molar-refractivity contribution in [1.29, 1.82) is 0 Å². The first-order valence-corrected chi connectivity index (χ1v) is 8.20. The number of amides is 1. The molecule has 4 rings (SSSR count). The molecule has 124 valence electrons. The number of hydrogen-bond donors (Lipinski definition) is 1. The molecule has 2 heterocycles. The Bertz CT molecular complexity index is 770. The van der Waals surface area contributed by atoms with Crippen molar-refractivity contribution in [2.45, 2.75) is 25.7 Å². The predicted molar refractivity (Wildman–Crippen MR) is 89.9 cm³/mol. The SMILES string of the molecule is CCCOc1ccc(C2CC(=O)Nc3cc4c(cc32)OCO4)cc1. The van der Waals surface area contributed by atoms with Gasteiger partial charge in [0, 0.05) is 24.1 Å². The number of ether oxygens (including phenoxy) is 3. The molecule has 0 fully saturated rings. The summed E-state index contributed by atoms with van der Waals surface area (Å²) in [6.07, 6.45) is 1.40. The van der Waals surface area contributed by atoms with Crippen molar-refractivity contribution < 1.29 is 19.0 Å². The lowest BCUT2D eigenvalue weighted by molar-refractivity contribution is -0.116. The van der Waals surface area contributed by atoms with E-state index in [0.717, 1.165) is 34.7 Å². The molecule has 1 amide bonds. The van der Waals surface area contributed by atoms with Crippen molar-refractivity contribution in [2.24, 2.45) is 0 Å². The maximum Gasteiger partial charge on any atom is 0.231 e. The number of carbonyl (C=O) groups excluding carboxylic acids is 1. The van der Waals surface area contributed by atoms with Crippen LogP contribution in [0.4, 0.5) is 5.69 Å². The quantitative estimate of drug-likeness (QED) is 0.932. The number of fused-ring (bicyclic) bond motifs is 2. The summed E-state index contributed by atoms with van der Waals surface area (Å²) in [4.78, 5) is 12.1. The van der Waals surface area contributed by atoms with Gasteiger partial charge in [0.15, 0.2) is 11.5 Å². The van der Waals surface area contributed by atoms with Gasteiger partial charge >= 0.3 is 0 Å². The summed E-state index contributed by atoms with van der Waals surface area (Å²) in [5, 5.41) is 2.93. The fourth-order valence-corrected chi connectivity index (χ4v) is 3.16. The van der Waals surface area contributed by atoms with E-state index in [1.165, 1.54) is 0 Å². The van der Waals surface area contributed by atoms with Crippen molar-refractivity contribution in [3.63, 3.8) is 0 Å². The Kier molecular flexibility index (Phi) is 3.76. The van der Waals surface area contributed by atoms with Crippen LogP contribution in [0.25, 0.3) is 0 Å². The third-order valence-electron chi connectivity index (χ3n) is 4.34. The molecular weight excluding hydrogens is 306 g/mol. The Morgan fingerprint density at radius 1 is 1.17 bits per heavy atom. The Morgan fingerprint density at radius 3 is 2.67 bits per heavy atom. The van der Waals surface area contributed by atoms with E-state index in [-0.39, 0.29) is 18.6 Å². The second kappa shape index (κ2) is 6.07. The summed E-state index contributed by atoms with van der Waals surface area (Å²) in [6, 6.07) is 11.8. The summed E-state index contributed by atoms with van der Waals surface area (Å²) in [5.41, 5.74) is 2.95. The van der Waals surface area contributed by atoms with Crippen LogP contribution in [0.1, 0.15) is 36.8 Å². The van der Waals surface area contributed by atoms with Gasteiger partial charge in [0.25, 0.3) is 0 Å². The van der Waals surface area contributed by atoms with Crippen LogP contribution in [0.3, 0.4) is 0 Å². The minimum atomic E-state index is 0.00322. The topological polar surface area (TPSA) is 56.8 Å². The zero-order valence-electron chi connectivity index (χ0n) is 13.5. The number of hydrogen-bond acceptors (Lipinski definition) is 4. The Morgan fingerprint density at radius 2 is 1.92 bits per heavy atom. The zero-order valence-corrected chi connectivity index (χ0v) is 13.5. The minimum Gasteiger partial charge on any atom is -0.494 e. The average molecular weight is 325 g/mol. The van der Waals surface area contributed by atoms with Crippen LogP contribution in [0.2, 0.25) is 0 Å². The monoisotopic (exact) mass is 325 g/mol. The van der Waals surface area contributed by atoms with E-state index in [1.807, 2.05) is 36.4 Å². The number of carbonyl (C=O) groups is 1. The van der Waals surface area contributed by atoms with Crippen molar-refractivity contribution >= 4 is 11.6 Å². The van der Waals surface area contributed by atoms with Gasteiger partial charge in [-0.3, -0.25) is 4.79 Å². The van der Waals surface area contributed by atoms with Crippen molar-refractivity contribution in [2.75, 3.05) is 18.7 Å². The molecule has 0 radical (unpaired) electrons. The molecule has 5 heteroatoms. The summed E-state index contributed by atoms with van der Waals surface area (Å²) < 4.78 is 16.5. The molecule has 0 saturated heterocycles. The molecule has 2 aromatic carbocycles. The van der Waals surface area contributed by atoms with Gasteiger partial charge in [0.1, 0.15) is 5.75 Å². The van der Waals surface area contributed by atoms with Crippen molar-refractivity contribution in [1.82, 2.24) is 0 Å². The lowest BCUT2D eigenvalue weighted by atomic mass is 9.84. The molecule has 1 unspecified atom stereocenters.